The minimum absolute atomic E-state index is 0.146. The Morgan fingerprint density at radius 3 is 2.27 bits per heavy atom. The van der Waals surface area contributed by atoms with Gasteiger partial charge in [0.15, 0.2) is 0 Å². The fourth-order valence-corrected chi connectivity index (χ4v) is 3.13. The van der Waals surface area contributed by atoms with E-state index in [0.717, 1.165) is 0 Å². The zero-order valence-electron chi connectivity index (χ0n) is 8.22. The molecule has 86 valence electrons. The molecule has 1 saturated heterocycles. The number of rotatable bonds is 2. The summed E-state index contributed by atoms with van der Waals surface area (Å²) in [6.45, 7) is 0.700. The Balaban J connectivity index is 1.97. The summed E-state index contributed by atoms with van der Waals surface area (Å²) < 4.78 is 23.3. The third-order valence-electron chi connectivity index (χ3n) is 3.57. The quantitative estimate of drug-likeness (QED) is 0.664. The van der Waals surface area contributed by atoms with Crippen molar-refractivity contribution in [2.75, 3.05) is 13.1 Å². The molecule has 1 atom stereocenters. The summed E-state index contributed by atoms with van der Waals surface area (Å²) in [6.07, 6.45) is 1.90. The number of carboxylic acids is 1. The maximum absolute atomic E-state index is 11.0. The van der Waals surface area contributed by atoms with Crippen LogP contribution in [0, 0.1) is 11.3 Å². The number of nitrogens with zero attached hydrogens (tertiary/aromatic N) is 1. The highest BCUT2D eigenvalue weighted by atomic mass is 32.2. The number of carbonyl (C=O) groups is 1. The van der Waals surface area contributed by atoms with Crippen molar-refractivity contribution in [1.82, 2.24) is 4.31 Å². The van der Waals surface area contributed by atoms with Crippen LogP contribution in [0.3, 0.4) is 0 Å². The molecular formula is C8H14N2O4S. The standard InChI is InChI=1S/C8H14N2O4S/c9-15(13,14)10-3-1-8(2-4-10)5-6(8)7(11)12/h6H,1-5H2,(H,11,12)(H2,9,13,14). The molecule has 1 aliphatic carbocycles. The van der Waals surface area contributed by atoms with Crippen molar-refractivity contribution in [3.8, 4) is 0 Å². The van der Waals surface area contributed by atoms with Crippen LogP contribution in [0.4, 0.5) is 0 Å². The lowest BCUT2D eigenvalue weighted by atomic mass is 9.92. The Bertz CT molecular complexity index is 383. The van der Waals surface area contributed by atoms with Gasteiger partial charge in [0, 0.05) is 13.1 Å². The summed E-state index contributed by atoms with van der Waals surface area (Å²) in [5.41, 5.74) is -0.146. The van der Waals surface area contributed by atoms with Gasteiger partial charge in [0.05, 0.1) is 5.92 Å². The Labute approximate surface area is 88.2 Å². The van der Waals surface area contributed by atoms with E-state index in [9.17, 15) is 13.2 Å². The van der Waals surface area contributed by atoms with E-state index in [-0.39, 0.29) is 11.3 Å². The van der Waals surface area contributed by atoms with Crippen LogP contribution in [0.1, 0.15) is 19.3 Å². The monoisotopic (exact) mass is 234 g/mol. The van der Waals surface area contributed by atoms with Crippen molar-refractivity contribution in [2.24, 2.45) is 16.5 Å². The highest BCUT2D eigenvalue weighted by Crippen LogP contribution is 2.59. The first-order chi connectivity index (χ1) is 6.85. The predicted molar refractivity (Wildman–Crippen MR) is 52.1 cm³/mol. The maximum Gasteiger partial charge on any atom is 0.307 e. The zero-order valence-corrected chi connectivity index (χ0v) is 9.03. The molecule has 0 radical (unpaired) electrons. The predicted octanol–water partition coefficient (Wildman–Crippen LogP) is -0.623. The van der Waals surface area contributed by atoms with Crippen molar-refractivity contribution in [3.63, 3.8) is 0 Å². The fourth-order valence-electron chi connectivity index (χ4n) is 2.44. The first-order valence-corrected chi connectivity index (χ1v) is 6.36. The normalized spacial score (nSPS) is 30.3. The summed E-state index contributed by atoms with van der Waals surface area (Å²) in [4.78, 5) is 10.8. The van der Waals surface area contributed by atoms with Crippen LogP contribution in [-0.4, -0.2) is 36.9 Å². The van der Waals surface area contributed by atoms with Crippen LogP contribution in [-0.2, 0) is 15.0 Å². The number of aliphatic carboxylic acids is 1. The van der Waals surface area contributed by atoms with Crippen LogP contribution >= 0.6 is 0 Å². The summed E-state index contributed by atoms with van der Waals surface area (Å²) in [6, 6.07) is 0. The Hall–Kier alpha value is -0.660. The van der Waals surface area contributed by atoms with Gasteiger partial charge in [-0.25, -0.2) is 5.14 Å². The summed E-state index contributed by atoms with van der Waals surface area (Å²) in [5.74, 6) is -1.04. The molecule has 0 amide bonds. The third kappa shape index (κ3) is 1.86. The average molecular weight is 234 g/mol. The van der Waals surface area contributed by atoms with E-state index in [4.69, 9.17) is 10.2 Å². The summed E-state index contributed by atoms with van der Waals surface area (Å²) in [5, 5.41) is 13.8. The smallest absolute Gasteiger partial charge is 0.307 e. The van der Waals surface area contributed by atoms with Gasteiger partial charge in [-0.15, -0.1) is 0 Å². The van der Waals surface area contributed by atoms with Gasteiger partial charge in [0.1, 0.15) is 0 Å². The molecule has 1 spiro atoms. The summed E-state index contributed by atoms with van der Waals surface area (Å²) in [7, 11) is -3.60. The molecule has 0 aromatic carbocycles. The Kier molecular flexibility index (Phi) is 2.29. The van der Waals surface area contributed by atoms with E-state index < -0.39 is 16.2 Å². The van der Waals surface area contributed by atoms with Crippen LogP contribution in [0.2, 0.25) is 0 Å². The number of carboxylic acid groups (broad SMARTS) is 1. The first kappa shape index (κ1) is 10.8. The lowest BCUT2D eigenvalue weighted by Crippen LogP contribution is -2.43. The van der Waals surface area contributed by atoms with E-state index in [1.165, 1.54) is 4.31 Å². The molecule has 2 fully saturated rings. The molecule has 0 aromatic heterocycles. The van der Waals surface area contributed by atoms with E-state index in [1.54, 1.807) is 0 Å². The molecule has 1 heterocycles. The van der Waals surface area contributed by atoms with Crippen LogP contribution in [0.25, 0.3) is 0 Å². The highest BCUT2D eigenvalue weighted by Gasteiger charge is 2.59. The number of hydrogen-bond donors (Lipinski definition) is 2. The molecule has 15 heavy (non-hydrogen) atoms. The lowest BCUT2D eigenvalue weighted by Gasteiger charge is -2.30. The molecule has 1 saturated carbocycles. The van der Waals surface area contributed by atoms with Crippen molar-refractivity contribution in [2.45, 2.75) is 19.3 Å². The molecular weight excluding hydrogens is 220 g/mol. The summed E-state index contributed by atoms with van der Waals surface area (Å²) >= 11 is 0. The molecule has 7 heteroatoms. The van der Waals surface area contributed by atoms with Gasteiger partial charge in [-0.05, 0) is 24.7 Å². The van der Waals surface area contributed by atoms with Crippen molar-refractivity contribution in [1.29, 1.82) is 0 Å². The maximum atomic E-state index is 11.0. The fraction of sp³-hybridized carbons (Fsp3) is 0.875. The van der Waals surface area contributed by atoms with Crippen LogP contribution in [0.5, 0.6) is 0 Å². The van der Waals surface area contributed by atoms with Crippen LogP contribution < -0.4 is 5.14 Å². The number of nitrogens with two attached hydrogens (primary N) is 1. The van der Waals surface area contributed by atoms with Crippen LogP contribution in [0.15, 0.2) is 0 Å². The van der Waals surface area contributed by atoms with E-state index in [2.05, 4.69) is 0 Å². The van der Waals surface area contributed by atoms with Crippen molar-refractivity contribution < 1.29 is 18.3 Å². The van der Waals surface area contributed by atoms with E-state index in [1.807, 2.05) is 0 Å². The Morgan fingerprint density at radius 2 is 1.93 bits per heavy atom. The average Bonchev–Trinajstić information content (AvgIpc) is 2.79. The number of piperidine rings is 1. The molecule has 6 nitrogen and oxygen atoms in total. The Morgan fingerprint density at radius 1 is 1.40 bits per heavy atom. The SMILES string of the molecule is NS(=O)(=O)N1CCC2(CC1)CC2C(=O)O. The van der Waals surface area contributed by atoms with E-state index >= 15 is 0 Å². The molecule has 1 aliphatic heterocycles. The lowest BCUT2D eigenvalue weighted by molar-refractivity contribution is -0.139. The largest absolute Gasteiger partial charge is 0.481 e. The van der Waals surface area contributed by atoms with E-state index in [0.29, 0.717) is 32.4 Å². The van der Waals surface area contributed by atoms with Gasteiger partial charge in [-0.2, -0.15) is 12.7 Å². The molecule has 0 bridgehead atoms. The van der Waals surface area contributed by atoms with Gasteiger partial charge in [0.2, 0.25) is 0 Å². The molecule has 0 aromatic rings. The minimum atomic E-state index is -3.60. The van der Waals surface area contributed by atoms with Gasteiger partial charge < -0.3 is 5.11 Å². The minimum Gasteiger partial charge on any atom is -0.481 e. The molecule has 2 aliphatic rings. The topological polar surface area (TPSA) is 101 Å². The second kappa shape index (κ2) is 3.16. The molecule has 1 unspecified atom stereocenters. The second-order valence-electron chi connectivity index (χ2n) is 4.40. The third-order valence-corrected chi connectivity index (χ3v) is 4.65. The van der Waals surface area contributed by atoms with Crippen molar-refractivity contribution in [3.05, 3.63) is 0 Å². The van der Waals surface area contributed by atoms with Gasteiger partial charge in [0.25, 0.3) is 10.2 Å². The zero-order chi connectivity index (χ0) is 11.3. The molecule has 2 rings (SSSR count). The second-order valence-corrected chi connectivity index (χ2v) is 5.95. The van der Waals surface area contributed by atoms with Crippen molar-refractivity contribution >= 4 is 16.2 Å². The van der Waals surface area contributed by atoms with Gasteiger partial charge >= 0.3 is 5.97 Å². The molecule has 3 N–H and O–H groups in total. The van der Waals surface area contributed by atoms with Gasteiger partial charge in [-0.3, -0.25) is 4.79 Å². The number of hydrogen-bond acceptors (Lipinski definition) is 3. The first-order valence-electron chi connectivity index (χ1n) is 4.86. The highest BCUT2D eigenvalue weighted by molar-refractivity contribution is 7.86. The van der Waals surface area contributed by atoms with Gasteiger partial charge in [-0.1, -0.05) is 0 Å².